The number of rotatable bonds is 5. The molecule has 26 heavy (non-hydrogen) atoms. The molecule has 1 aromatic carbocycles. The normalized spacial score (nSPS) is 14.9. The van der Waals surface area contributed by atoms with E-state index in [1.54, 1.807) is 18.5 Å². The lowest BCUT2D eigenvalue weighted by Gasteiger charge is -2.27. The molecule has 0 aliphatic carbocycles. The number of benzene rings is 1. The minimum Gasteiger partial charge on any atom is -0.351 e. The number of aromatic nitrogens is 1. The predicted octanol–water partition coefficient (Wildman–Crippen LogP) is 4.18. The van der Waals surface area contributed by atoms with E-state index in [4.69, 9.17) is 23.2 Å². The third-order valence-corrected chi connectivity index (χ3v) is 4.97. The van der Waals surface area contributed by atoms with Gasteiger partial charge in [-0.25, -0.2) is 0 Å². The van der Waals surface area contributed by atoms with Gasteiger partial charge in [-0.2, -0.15) is 0 Å². The number of hydrogen-bond donors (Lipinski definition) is 1. The summed E-state index contributed by atoms with van der Waals surface area (Å²) in [5.74, 6) is 0.0409. The molecule has 1 saturated heterocycles. The van der Waals surface area contributed by atoms with E-state index in [1.807, 2.05) is 24.3 Å². The van der Waals surface area contributed by atoms with Gasteiger partial charge in [-0.05, 0) is 48.2 Å². The summed E-state index contributed by atoms with van der Waals surface area (Å²) in [5.41, 5.74) is 3.29. The third-order valence-electron chi connectivity index (χ3n) is 4.40. The van der Waals surface area contributed by atoms with Crippen LogP contribution in [-0.4, -0.2) is 35.4 Å². The number of nitrogens with one attached hydrogen (secondary N) is 1. The fourth-order valence-electron chi connectivity index (χ4n) is 2.95. The average molecular weight is 390 g/mol. The maximum atomic E-state index is 12.1. The lowest BCUT2D eigenvalue weighted by molar-refractivity contribution is -0.122. The topological polar surface area (TPSA) is 45.2 Å². The maximum Gasteiger partial charge on any atom is 0.234 e. The lowest BCUT2D eigenvalue weighted by Crippen LogP contribution is -2.40. The number of piperidine rings is 1. The molecule has 4 nitrogen and oxygen atoms in total. The van der Waals surface area contributed by atoms with Crippen LogP contribution in [0.2, 0.25) is 10.0 Å². The van der Waals surface area contributed by atoms with Crippen LogP contribution in [0.3, 0.4) is 0 Å². The molecule has 6 heteroatoms. The van der Waals surface area contributed by atoms with E-state index in [9.17, 15) is 4.79 Å². The van der Waals surface area contributed by atoms with E-state index in [-0.39, 0.29) is 5.91 Å². The molecule has 1 aliphatic heterocycles. The third kappa shape index (κ3) is 5.56. The molecule has 1 aliphatic rings. The van der Waals surface area contributed by atoms with Gasteiger partial charge in [-0.3, -0.25) is 14.7 Å². The molecule has 136 valence electrons. The molecule has 3 rings (SSSR count). The van der Waals surface area contributed by atoms with Crippen LogP contribution >= 0.6 is 23.2 Å². The van der Waals surface area contributed by atoms with Crippen LogP contribution in [0.5, 0.6) is 0 Å². The fourth-order valence-corrected chi connectivity index (χ4v) is 3.30. The smallest absolute Gasteiger partial charge is 0.234 e. The standard InChI is InChI=1S/C20H21Cl2N3O/c21-18-3-4-19(22)17(11-18)10-15-5-8-25(9-6-15)14-20(26)24-13-16-2-1-7-23-12-16/h1-4,7,10-12H,5-6,8-9,13-14H2,(H,24,26). The van der Waals surface area contributed by atoms with Gasteiger partial charge in [-0.1, -0.05) is 40.9 Å². The van der Waals surface area contributed by atoms with Gasteiger partial charge in [-0.15, -0.1) is 0 Å². The monoisotopic (exact) mass is 389 g/mol. The van der Waals surface area contributed by atoms with Crippen LogP contribution in [0.1, 0.15) is 24.0 Å². The summed E-state index contributed by atoms with van der Waals surface area (Å²) in [7, 11) is 0. The van der Waals surface area contributed by atoms with E-state index in [1.165, 1.54) is 5.57 Å². The Balaban J connectivity index is 1.47. The average Bonchev–Trinajstić information content (AvgIpc) is 2.65. The molecule has 1 amide bonds. The number of pyridine rings is 1. The minimum atomic E-state index is 0.0409. The Hall–Kier alpha value is -1.88. The van der Waals surface area contributed by atoms with Gasteiger partial charge in [0.2, 0.25) is 5.91 Å². The zero-order valence-corrected chi connectivity index (χ0v) is 15.9. The van der Waals surface area contributed by atoms with Crippen molar-refractivity contribution < 1.29 is 4.79 Å². The highest BCUT2D eigenvalue weighted by Crippen LogP contribution is 2.26. The van der Waals surface area contributed by atoms with Gasteiger partial charge < -0.3 is 5.32 Å². The van der Waals surface area contributed by atoms with Crippen LogP contribution < -0.4 is 5.32 Å². The quantitative estimate of drug-likeness (QED) is 0.833. The van der Waals surface area contributed by atoms with Gasteiger partial charge in [0, 0.05) is 42.1 Å². The summed E-state index contributed by atoms with van der Waals surface area (Å²) in [6.07, 6.45) is 7.46. The second-order valence-corrected chi connectivity index (χ2v) is 7.23. The summed E-state index contributed by atoms with van der Waals surface area (Å²) in [4.78, 5) is 18.3. The number of halogens is 2. The Morgan fingerprint density at radius 2 is 2.04 bits per heavy atom. The van der Waals surface area contributed by atoms with Gasteiger partial charge in [0.15, 0.2) is 0 Å². The SMILES string of the molecule is O=C(CN1CCC(=Cc2cc(Cl)ccc2Cl)CC1)NCc1cccnc1. The van der Waals surface area contributed by atoms with Crippen molar-refractivity contribution in [3.8, 4) is 0 Å². The molecule has 2 heterocycles. The molecular weight excluding hydrogens is 369 g/mol. The van der Waals surface area contributed by atoms with E-state index in [0.717, 1.165) is 37.1 Å². The number of hydrogen-bond acceptors (Lipinski definition) is 3. The van der Waals surface area contributed by atoms with Gasteiger partial charge in [0.05, 0.1) is 6.54 Å². The highest BCUT2D eigenvalue weighted by Gasteiger charge is 2.17. The second-order valence-electron chi connectivity index (χ2n) is 6.38. The van der Waals surface area contributed by atoms with Crippen molar-refractivity contribution in [2.24, 2.45) is 0 Å². The van der Waals surface area contributed by atoms with Crippen LogP contribution in [0.25, 0.3) is 6.08 Å². The first-order chi connectivity index (χ1) is 12.6. The van der Waals surface area contributed by atoms with Crippen molar-refractivity contribution in [2.75, 3.05) is 19.6 Å². The van der Waals surface area contributed by atoms with Crippen molar-refractivity contribution in [2.45, 2.75) is 19.4 Å². The fraction of sp³-hybridized carbons (Fsp3) is 0.300. The van der Waals surface area contributed by atoms with Crippen molar-refractivity contribution in [1.82, 2.24) is 15.2 Å². The summed E-state index contributed by atoms with van der Waals surface area (Å²) < 4.78 is 0. The molecular formula is C20H21Cl2N3O. The van der Waals surface area contributed by atoms with E-state index >= 15 is 0 Å². The number of likely N-dealkylation sites (tertiary alicyclic amines) is 1. The Labute approximate surface area is 163 Å². The number of nitrogens with zero attached hydrogens (tertiary/aromatic N) is 2. The number of amides is 1. The molecule has 1 N–H and O–H groups in total. The Morgan fingerprint density at radius 1 is 1.23 bits per heavy atom. The zero-order chi connectivity index (χ0) is 18.4. The summed E-state index contributed by atoms with van der Waals surface area (Å²) in [5, 5.41) is 4.34. The first-order valence-electron chi connectivity index (χ1n) is 8.62. The van der Waals surface area contributed by atoms with Crippen molar-refractivity contribution in [1.29, 1.82) is 0 Å². The van der Waals surface area contributed by atoms with Gasteiger partial charge >= 0.3 is 0 Å². The number of carbonyl (C=O) groups excluding carboxylic acids is 1. The van der Waals surface area contributed by atoms with Crippen molar-refractivity contribution in [3.05, 3.63) is 69.5 Å². The Kier molecular flexibility index (Phi) is 6.67. The van der Waals surface area contributed by atoms with Crippen molar-refractivity contribution >= 4 is 35.2 Å². The Morgan fingerprint density at radius 3 is 2.77 bits per heavy atom. The predicted molar refractivity (Wildman–Crippen MR) is 106 cm³/mol. The van der Waals surface area contributed by atoms with Crippen LogP contribution in [-0.2, 0) is 11.3 Å². The Bertz CT molecular complexity index is 783. The molecule has 0 atom stereocenters. The first-order valence-corrected chi connectivity index (χ1v) is 9.38. The summed E-state index contributed by atoms with van der Waals surface area (Å²) >= 11 is 12.3. The molecule has 0 spiro atoms. The number of carbonyl (C=O) groups is 1. The van der Waals surface area contributed by atoms with E-state index < -0.39 is 0 Å². The molecule has 0 bridgehead atoms. The van der Waals surface area contributed by atoms with E-state index in [2.05, 4.69) is 21.3 Å². The summed E-state index contributed by atoms with van der Waals surface area (Å²) in [6.45, 7) is 2.67. The molecule has 0 saturated carbocycles. The van der Waals surface area contributed by atoms with Crippen LogP contribution in [0.15, 0.2) is 48.3 Å². The maximum absolute atomic E-state index is 12.1. The second kappa shape index (κ2) is 9.17. The lowest BCUT2D eigenvalue weighted by atomic mass is 10.0. The van der Waals surface area contributed by atoms with E-state index in [0.29, 0.717) is 23.1 Å². The van der Waals surface area contributed by atoms with Crippen LogP contribution in [0.4, 0.5) is 0 Å². The molecule has 1 aromatic heterocycles. The molecule has 1 fully saturated rings. The minimum absolute atomic E-state index is 0.0409. The zero-order valence-electron chi connectivity index (χ0n) is 14.4. The highest BCUT2D eigenvalue weighted by molar-refractivity contribution is 6.34. The highest BCUT2D eigenvalue weighted by atomic mass is 35.5. The molecule has 2 aromatic rings. The molecule has 0 radical (unpaired) electrons. The van der Waals surface area contributed by atoms with Gasteiger partial charge in [0.1, 0.15) is 0 Å². The largest absolute Gasteiger partial charge is 0.351 e. The first kappa shape index (κ1) is 18.9. The van der Waals surface area contributed by atoms with Crippen LogP contribution in [0, 0.1) is 0 Å². The molecule has 0 unspecified atom stereocenters. The van der Waals surface area contributed by atoms with Gasteiger partial charge in [0.25, 0.3) is 0 Å². The summed E-state index contributed by atoms with van der Waals surface area (Å²) in [6, 6.07) is 9.31. The van der Waals surface area contributed by atoms with Crippen molar-refractivity contribution in [3.63, 3.8) is 0 Å².